The van der Waals surface area contributed by atoms with Gasteiger partial charge in [0.05, 0.1) is 30.2 Å². The Morgan fingerprint density at radius 2 is 1.67 bits per heavy atom. The van der Waals surface area contributed by atoms with Crippen LogP contribution in [-0.4, -0.2) is 97.9 Å². The summed E-state index contributed by atoms with van der Waals surface area (Å²) in [4.78, 5) is 38.8. The molecule has 5 N–H and O–H groups in total. The van der Waals surface area contributed by atoms with Crippen molar-refractivity contribution in [3.8, 4) is 5.75 Å². The third kappa shape index (κ3) is 9.87. The largest absolute Gasteiger partial charge is 0.497 e. The van der Waals surface area contributed by atoms with Gasteiger partial charge in [-0.15, -0.1) is 12.4 Å². The molecule has 1 aliphatic rings. The van der Waals surface area contributed by atoms with Crippen molar-refractivity contribution in [2.24, 2.45) is 11.7 Å². The maximum Gasteiger partial charge on any atom is 0.405 e. The van der Waals surface area contributed by atoms with E-state index in [-0.39, 0.29) is 12.4 Å². The van der Waals surface area contributed by atoms with E-state index < -0.39 is 100 Å². The molecule has 0 saturated carbocycles. The molecule has 0 bridgehead atoms. The molecular formula is C25H36ClF5N4O7S. The van der Waals surface area contributed by atoms with Crippen molar-refractivity contribution in [3.63, 3.8) is 0 Å². The van der Waals surface area contributed by atoms with E-state index in [1.165, 1.54) is 40.0 Å². The minimum Gasteiger partial charge on any atom is -0.497 e. The average molecular weight is 667 g/mol. The standard InChI is InChI=1S/C25H35F5N4O7S.ClH/c1-13(2)19(20(35)25(29,30)23(38)32-12-24(26,27)28)33-21(36)18-9-17(10-34(18)22(37)14(3)31)42(39,40)11-15-5-7-16(41-4)8-6-15;/h5-8,13-14,17-20,35H,9-12,31H2,1-4H3,(H,32,38)(H,33,36);1H/t14?,17-,18+,19?,20?;/m1./s1. The number of halogens is 6. The first kappa shape index (κ1) is 38.3. The van der Waals surface area contributed by atoms with Gasteiger partial charge in [0, 0.05) is 6.54 Å². The highest BCUT2D eigenvalue weighted by molar-refractivity contribution is 7.91. The van der Waals surface area contributed by atoms with E-state index in [0.717, 1.165) is 10.2 Å². The molecule has 1 aliphatic heterocycles. The Labute approximate surface area is 252 Å². The monoisotopic (exact) mass is 666 g/mol. The number of hydrogen-bond acceptors (Lipinski definition) is 8. The summed E-state index contributed by atoms with van der Waals surface area (Å²) >= 11 is 0. The number of amides is 3. The van der Waals surface area contributed by atoms with Gasteiger partial charge in [0.2, 0.25) is 11.8 Å². The average Bonchev–Trinajstić information content (AvgIpc) is 3.35. The van der Waals surface area contributed by atoms with Gasteiger partial charge in [-0.25, -0.2) is 8.42 Å². The van der Waals surface area contributed by atoms with Crippen LogP contribution in [-0.2, 0) is 30.0 Å². The Bertz CT molecular complexity index is 1230. The summed E-state index contributed by atoms with van der Waals surface area (Å²) in [5, 5.41) is 12.2. The summed E-state index contributed by atoms with van der Waals surface area (Å²) in [6.07, 6.45) is -8.39. The molecular weight excluding hydrogens is 631 g/mol. The lowest BCUT2D eigenvalue weighted by Crippen LogP contribution is -2.61. The van der Waals surface area contributed by atoms with Gasteiger partial charge in [-0.05, 0) is 37.0 Å². The van der Waals surface area contributed by atoms with E-state index in [0.29, 0.717) is 11.3 Å². The zero-order valence-corrected chi connectivity index (χ0v) is 25.4. The van der Waals surface area contributed by atoms with Gasteiger partial charge in [-0.3, -0.25) is 14.4 Å². The van der Waals surface area contributed by atoms with E-state index in [1.54, 1.807) is 12.1 Å². The molecule has 0 aromatic heterocycles. The maximum absolute atomic E-state index is 14.7. The zero-order chi connectivity index (χ0) is 32.2. The number of nitrogens with two attached hydrogens (primary N) is 1. The molecule has 1 aromatic carbocycles. The molecule has 1 saturated heterocycles. The van der Waals surface area contributed by atoms with Crippen LogP contribution < -0.4 is 21.1 Å². The number of ether oxygens (including phenoxy) is 1. The lowest BCUT2D eigenvalue weighted by atomic mass is 9.93. The SMILES string of the molecule is COc1ccc(CS(=O)(=O)[C@@H]2C[C@@H](C(=O)NC(C(C)C)C(O)C(F)(F)C(=O)NCC(F)(F)F)N(C(=O)C(C)N)C2)cc1.Cl. The van der Waals surface area contributed by atoms with Crippen LogP contribution in [0.1, 0.15) is 32.8 Å². The molecule has 18 heteroatoms. The number of carbonyl (C=O) groups is 3. The molecule has 43 heavy (non-hydrogen) atoms. The lowest BCUT2D eigenvalue weighted by molar-refractivity contribution is -0.175. The Morgan fingerprint density at radius 1 is 1.12 bits per heavy atom. The quantitative estimate of drug-likeness (QED) is 0.241. The molecule has 5 atom stereocenters. The number of benzene rings is 1. The minimum atomic E-state index is -4.99. The van der Waals surface area contributed by atoms with Crippen molar-refractivity contribution in [2.75, 3.05) is 20.2 Å². The number of sulfone groups is 1. The number of nitrogens with zero attached hydrogens (tertiary/aromatic N) is 1. The number of nitrogens with one attached hydrogen (secondary N) is 2. The molecule has 3 unspecified atom stereocenters. The first-order chi connectivity index (χ1) is 19.2. The van der Waals surface area contributed by atoms with Gasteiger partial charge in [0.15, 0.2) is 9.84 Å². The molecule has 1 heterocycles. The highest BCUT2D eigenvalue weighted by Gasteiger charge is 2.53. The Kier molecular flexibility index (Phi) is 13.2. The van der Waals surface area contributed by atoms with Crippen LogP contribution >= 0.6 is 12.4 Å². The molecule has 246 valence electrons. The van der Waals surface area contributed by atoms with Crippen molar-refractivity contribution in [2.45, 2.75) is 74.5 Å². The highest BCUT2D eigenvalue weighted by Crippen LogP contribution is 2.29. The van der Waals surface area contributed by atoms with Gasteiger partial charge in [-0.2, -0.15) is 22.0 Å². The molecule has 1 fully saturated rings. The number of carbonyl (C=O) groups excluding carboxylic acids is 3. The molecule has 3 amide bonds. The maximum atomic E-state index is 14.7. The topological polar surface area (TPSA) is 168 Å². The van der Waals surface area contributed by atoms with Crippen molar-refractivity contribution in [1.82, 2.24) is 15.5 Å². The van der Waals surface area contributed by atoms with Gasteiger partial charge < -0.3 is 31.1 Å². The Morgan fingerprint density at radius 3 is 2.14 bits per heavy atom. The van der Waals surface area contributed by atoms with Crippen LogP contribution in [0.4, 0.5) is 22.0 Å². The predicted molar refractivity (Wildman–Crippen MR) is 147 cm³/mol. The minimum absolute atomic E-state index is 0. The van der Waals surface area contributed by atoms with E-state index in [1.807, 2.05) is 0 Å². The van der Waals surface area contributed by atoms with Crippen LogP contribution in [0.3, 0.4) is 0 Å². The third-order valence-electron chi connectivity index (χ3n) is 6.76. The van der Waals surface area contributed by atoms with Gasteiger partial charge in [0.1, 0.15) is 24.4 Å². The Balaban J connectivity index is 0.00000924. The number of aliphatic hydroxyl groups is 1. The summed E-state index contributed by atoms with van der Waals surface area (Å²) in [6, 6.07) is 1.62. The fraction of sp³-hybridized carbons (Fsp3) is 0.640. The summed E-state index contributed by atoms with van der Waals surface area (Å²) in [5.74, 6) is -10.0. The van der Waals surface area contributed by atoms with Crippen molar-refractivity contribution >= 4 is 40.0 Å². The van der Waals surface area contributed by atoms with Crippen LogP contribution in [0.25, 0.3) is 0 Å². The van der Waals surface area contributed by atoms with Crippen LogP contribution in [0, 0.1) is 5.92 Å². The number of alkyl halides is 5. The van der Waals surface area contributed by atoms with E-state index >= 15 is 0 Å². The fourth-order valence-electron chi connectivity index (χ4n) is 4.41. The van der Waals surface area contributed by atoms with Crippen LogP contribution in [0.2, 0.25) is 0 Å². The first-order valence-corrected chi connectivity index (χ1v) is 14.5. The summed E-state index contributed by atoms with van der Waals surface area (Å²) in [7, 11) is -2.54. The first-order valence-electron chi connectivity index (χ1n) is 12.8. The second-order valence-electron chi connectivity index (χ2n) is 10.5. The summed E-state index contributed by atoms with van der Waals surface area (Å²) < 4.78 is 98.0. The second kappa shape index (κ2) is 14.8. The van der Waals surface area contributed by atoms with Crippen LogP contribution in [0.5, 0.6) is 5.75 Å². The third-order valence-corrected chi connectivity index (χ3v) is 8.86. The van der Waals surface area contributed by atoms with E-state index in [4.69, 9.17) is 10.5 Å². The molecule has 1 aromatic rings. The second-order valence-corrected chi connectivity index (χ2v) is 12.7. The summed E-state index contributed by atoms with van der Waals surface area (Å²) in [5.41, 5.74) is 6.09. The smallest absolute Gasteiger partial charge is 0.405 e. The molecule has 0 spiro atoms. The lowest BCUT2D eigenvalue weighted by Gasteiger charge is -2.34. The van der Waals surface area contributed by atoms with E-state index in [9.17, 15) is 49.9 Å². The number of aliphatic hydroxyl groups excluding tert-OH is 1. The molecule has 11 nitrogen and oxygen atoms in total. The van der Waals surface area contributed by atoms with Gasteiger partial charge in [-0.1, -0.05) is 26.0 Å². The van der Waals surface area contributed by atoms with Crippen LogP contribution in [0.15, 0.2) is 24.3 Å². The van der Waals surface area contributed by atoms with Crippen molar-refractivity contribution in [1.29, 1.82) is 0 Å². The molecule has 0 radical (unpaired) electrons. The van der Waals surface area contributed by atoms with Crippen molar-refractivity contribution < 1.29 is 54.6 Å². The van der Waals surface area contributed by atoms with Crippen molar-refractivity contribution in [3.05, 3.63) is 29.8 Å². The number of methoxy groups -OCH3 is 1. The highest BCUT2D eigenvalue weighted by atomic mass is 35.5. The normalized spacial score (nSPS) is 19.7. The van der Waals surface area contributed by atoms with Gasteiger partial charge >= 0.3 is 12.1 Å². The molecule has 0 aliphatic carbocycles. The number of hydrogen-bond donors (Lipinski definition) is 4. The summed E-state index contributed by atoms with van der Waals surface area (Å²) in [6.45, 7) is 1.38. The Hall–Kier alpha value is -2.76. The number of rotatable bonds is 12. The van der Waals surface area contributed by atoms with E-state index in [2.05, 4.69) is 5.32 Å². The molecule has 2 rings (SSSR count). The zero-order valence-electron chi connectivity index (χ0n) is 23.7. The fourth-order valence-corrected chi connectivity index (χ4v) is 6.17. The number of likely N-dealkylation sites (tertiary alicyclic amines) is 1. The van der Waals surface area contributed by atoms with Gasteiger partial charge in [0.25, 0.3) is 5.91 Å². The predicted octanol–water partition coefficient (Wildman–Crippen LogP) is 1.16.